The Kier molecular flexibility index (Phi) is 4.38. The summed E-state index contributed by atoms with van der Waals surface area (Å²) < 4.78 is 18.4. The molecule has 0 bridgehead atoms. The second-order valence-corrected chi connectivity index (χ2v) is 6.61. The van der Waals surface area contributed by atoms with E-state index in [9.17, 15) is 14.0 Å². The highest BCUT2D eigenvalue weighted by Crippen LogP contribution is 2.27. The molecule has 2 heterocycles. The van der Waals surface area contributed by atoms with Crippen LogP contribution in [-0.2, 0) is 11.3 Å². The molecule has 0 radical (unpaired) electrons. The van der Waals surface area contributed by atoms with Gasteiger partial charge in [0, 0.05) is 11.3 Å². The number of benzene rings is 2. The van der Waals surface area contributed by atoms with Gasteiger partial charge in [-0.15, -0.1) is 0 Å². The summed E-state index contributed by atoms with van der Waals surface area (Å²) in [6.07, 6.45) is 0. The number of aromatic nitrogens is 2. The van der Waals surface area contributed by atoms with E-state index in [2.05, 4.69) is 10.1 Å². The zero-order valence-corrected chi connectivity index (χ0v) is 15.3. The molecule has 4 rings (SSSR count). The Balaban J connectivity index is 1.55. The van der Waals surface area contributed by atoms with Crippen LogP contribution in [0.25, 0.3) is 11.4 Å². The van der Waals surface area contributed by atoms with Crippen molar-refractivity contribution in [3.63, 3.8) is 0 Å². The number of hydrogen-bond donors (Lipinski definition) is 0. The number of anilines is 1. The molecule has 28 heavy (non-hydrogen) atoms. The third-order valence-electron chi connectivity index (χ3n) is 4.62. The van der Waals surface area contributed by atoms with E-state index >= 15 is 0 Å². The lowest BCUT2D eigenvalue weighted by Gasteiger charge is -2.18. The maximum Gasteiger partial charge on any atom is 0.332 e. The lowest BCUT2D eigenvalue weighted by atomic mass is 10.1. The van der Waals surface area contributed by atoms with Gasteiger partial charge in [-0.25, -0.2) is 9.18 Å². The fourth-order valence-corrected chi connectivity index (χ4v) is 3.08. The Labute approximate surface area is 160 Å². The van der Waals surface area contributed by atoms with Gasteiger partial charge in [-0.3, -0.25) is 14.6 Å². The van der Waals surface area contributed by atoms with Crippen molar-refractivity contribution in [2.24, 2.45) is 0 Å². The van der Waals surface area contributed by atoms with Gasteiger partial charge in [-0.05, 0) is 38.1 Å². The highest BCUT2D eigenvalue weighted by atomic mass is 19.1. The molecule has 1 aromatic heterocycles. The Morgan fingerprint density at radius 3 is 2.43 bits per heavy atom. The summed E-state index contributed by atoms with van der Waals surface area (Å²) in [6.45, 7) is 3.47. The average molecular weight is 380 g/mol. The Hall–Kier alpha value is -3.55. The zero-order valence-electron chi connectivity index (χ0n) is 15.3. The molecule has 0 aliphatic carbocycles. The number of halogens is 1. The van der Waals surface area contributed by atoms with E-state index in [0.29, 0.717) is 11.5 Å². The minimum absolute atomic E-state index is 0.126. The number of aryl methyl sites for hydroxylation is 1. The number of hydrogen-bond acceptors (Lipinski definition) is 5. The molecular weight excluding hydrogens is 363 g/mol. The maximum atomic E-state index is 13.2. The van der Waals surface area contributed by atoms with E-state index < -0.39 is 17.9 Å². The molecule has 1 atom stereocenters. The molecule has 8 heteroatoms. The van der Waals surface area contributed by atoms with Gasteiger partial charge in [-0.1, -0.05) is 35.0 Å². The third-order valence-corrected chi connectivity index (χ3v) is 4.62. The molecule has 1 unspecified atom stereocenters. The summed E-state index contributed by atoms with van der Waals surface area (Å²) in [6, 6.07) is 11.8. The first-order chi connectivity index (χ1) is 13.4. The van der Waals surface area contributed by atoms with E-state index in [4.69, 9.17) is 4.52 Å². The molecule has 0 N–H and O–H groups in total. The van der Waals surface area contributed by atoms with Crippen molar-refractivity contribution in [2.75, 3.05) is 4.90 Å². The normalized spacial score (nSPS) is 16.9. The van der Waals surface area contributed by atoms with Crippen molar-refractivity contribution in [2.45, 2.75) is 26.4 Å². The van der Waals surface area contributed by atoms with Crippen molar-refractivity contribution in [3.05, 3.63) is 65.8 Å². The molecular formula is C20H17FN4O3. The number of nitrogens with zero attached hydrogens (tertiary/aromatic N) is 4. The highest BCUT2D eigenvalue weighted by molar-refractivity contribution is 6.13. The Morgan fingerprint density at radius 2 is 1.75 bits per heavy atom. The molecule has 0 spiro atoms. The standard InChI is InChI=1S/C20H17FN4O3/c1-12-3-5-14(6-4-12)18-22-17(28-23-18)11-24-19(26)13(2)25(20(24)27)16-9-7-15(21)8-10-16/h3-10,13H,11H2,1-2H3. The van der Waals surface area contributed by atoms with E-state index in [-0.39, 0.29) is 18.3 Å². The second-order valence-electron chi connectivity index (χ2n) is 6.61. The summed E-state index contributed by atoms with van der Waals surface area (Å²) in [5.41, 5.74) is 2.33. The second kappa shape index (κ2) is 6.88. The molecule has 3 aromatic rings. The first-order valence-corrected chi connectivity index (χ1v) is 8.74. The summed E-state index contributed by atoms with van der Waals surface area (Å²) in [5, 5.41) is 3.92. The van der Waals surface area contributed by atoms with Crippen LogP contribution in [0.5, 0.6) is 0 Å². The van der Waals surface area contributed by atoms with Crippen LogP contribution in [0.2, 0.25) is 0 Å². The summed E-state index contributed by atoms with van der Waals surface area (Å²) in [7, 11) is 0. The summed E-state index contributed by atoms with van der Waals surface area (Å²) >= 11 is 0. The topological polar surface area (TPSA) is 79.5 Å². The van der Waals surface area contributed by atoms with Crippen LogP contribution < -0.4 is 4.90 Å². The third kappa shape index (κ3) is 3.13. The average Bonchev–Trinajstić information content (AvgIpc) is 3.23. The monoisotopic (exact) mass is 380 g/mol. The summed E-state index contributed by atoms with van der Waals surface area (Å²) in [4.78, 5) is 32.0. The largest absolute Gasteiger partial charge is 0.337 e. The molecule has 7 nitrogen and oxygen atoms in total. The summed E-state index contributed by atoms with van der Waals surface area (Å²) in [5.74, 6) is -0.256. The van der Waals surface area contributed by atoms with Gasteiger partial charge in [-0.2, -0.15) is 4.98 Å². The molecule has 2 aromatic carbocycles. The van der Waals surface area contributed by atoms with Crippen molar-refractivity contribution in [1.29, 1.82) is 0 Å². The van der Waals surface area contributed by atoms with Gasteiger partial charge in [0.1, 0.15) is 18.4 Å². The number of rotatable bonds is 4. The SMILES string of the molecule is Cc1ccc(-c2noc(CN3C(=O)C(C)N(c4ccc(F)cc4)C3=O)n2)cc1. The molecule has 142 valence electrons. The zero-order chi connectivity index (χ0) is 19.8. The molecule has 1 aliphatic heterocycles. The maximum absolute atomic E-state index is 13.2. The first-order valence-electron chi connectivity index (χ1n) is 8.74. The number of carbonyl (C=O) groups excluding carboxylic acids is 2. The number of amides is 3. The Bertz CT molecular complexity index is 1030. The lowest BCUT2D eigenvalue weighted by molar-refractivity contribution is -0.127. The minimum atomic E-state index is -0.711. The van der Waals surface area contributed by atoms with Crippen LogP contribution in [0.3, 0.4) is 0 Å². The first kappa shape index (κ1) is 17.8. The van der Waals surface area contributed by atoms with E-state index in [1.807, 2.05) is 31.2 Å². The van der Waals surface area contributed by atoms with Crippen molar-refractivity contribution in [3.8, 4) is 11.4 Å². The van der Waals surface area contributed by atoms with Gasteiger partial charge in [0.15, 0.2) is 0 Å². The van der Waals surface area contributed by atoms with Crippen LogP contribution >= 0.6 is 0 Å². The van der Waals surface area contributed by atoms with E-state index in [1.54, 1.807) is 6.92 Å². The van der Waals surface area contributed by atoms with Crippen LogP contribution in [0.4, 0.5) is 14.9 Å². The van der Waals surface area contributed by atoms with Gasteiger partial charge in [0.05, 0.1) is 0 Å². The van der Waals surface area contributed by atoms with Crippen molar-refractivity contribution < 1.29 is 18.5 Å². The van der Waals surface area contributed by atoms with Gasteiger partial charge < -0.3 is 4.52 Å². The Morgan fingerprint density at radius 1 is 1.07 bits per heavy atom. The highest BCUT2D eigenvalue weighted by Gasteiger charge is 2.44. The molecule has 0 saturated carbocycles. The quantitative estimate of drug-likeness (QED) is 0.647. The number of carbonyl (C=O) groups is 2. The van der Waals surface area contributed by atoms with Gasteiger partial charge in [0.2, 0.25) is 11.7 Å². The van der Waals surface area contributed by atoms with Crippen LogP contribution in [-0.4, -0.2) is 33.0 Å². The van der Waals surface area contributed by atoms with Crippen molar-refractivity contribution >= 4 is 17.6 Å². The minimum Gasteiger partial charge on any atom is -0.337 e. The fraction of sp³-hybridized carbons (Fsp3) is 0.200. The van der Waals surface area contributed by atoms with Crippen molar-refractivity contribution in [1.82, 2.24) is 15.0 Å². The van der Waals surface area contributed by atoms with Crippen LogP contribution in [0.1, 0.15) is 18.4 Å². The van der Waals surface area contributed by atoms with Crippen LogP contribution in [0, 0.1) is 12.7 Å². The van der Waals surface area contributed by atoms with Gasteiger partial charge >= 0.3 is 6.03 Å². The fourth-order valence-electron chi connectivity index (χ4n) is 3.08. The molecule has 1 fully saturated rings. The predicted octanol–water partition coefficient (Wildman–Crippen LogP) is 3.54. The van der Waals surface area contributed by atoms with E-state index in [1.165, 1.54) is 29.2 Å². The van der Waals surface area contributed by atoms with Gasteiger partial charge in [0.25, 0.3) is 5.91 Å². The predicted molar refractivity (Wildman–Crippen MR) is 98.8 cm³/mol. The van der Waals surface area contributed by atoms with Crippen LogP contribution in [0.15, 0.2) is 53.1 Å². The molecule has 1 saturated heterocycles. The lowest BCUT2D eigenvalue weighted by Crippen LogP contribution is -2.33. The molecule has 1 aliphatic rings. The number of urea groups is 1. The van der Waals surface area contributed by atoms with E-state index in [0.717, 1.165) is 16.0 Å². The number of imide groups is 1. The molecule has 3 amide bonds. The smallest absolute Gasteiger partial charge is 0.332 e.